The second-order valence-corrected chi connectivity index (χ2v) is 2.07. The van der Waals surface area contributed by atoms with Crippen molar-refractivity contribution in [3.8, 4) is 0 Å². The number of ether oxygens (including phenoxy) is 1. The Morgan fingerprint density at radius 2 is 2.25 bits per heavy atom. The zero-order valence-electron chi connectivity index (χ0n) is 4.79. The summed E-state index contributed by atoms with van der Waals surface area (Å²) in [6.07, 6.45) is 0.421. The maximum Gasteiger partial charge on any atom is 0.220 e. The zero-order chi connectivity index (χ0) is 6.20. The molecule has 0 aromatic rings. The molecule has 3 heteroatoms. The third-order valence-electron chi connectivity index (χ3n) is 1.25. The van der Waals surface area contributed by atoms with E-state index in [1.807, 2.05) is 6.92 Å². The van der Waals surface area contributed by atoms with Crippen LogP contribution >= 0.6 is 0 Å². The van der Waals surface area contributed by atoms with E-state index >= 15 is 0 Å². The van der Waals surface area contributed by atoms with Crippen LogP contribution in [0.3, 0.4) is 0 Å². The highest BCUT2D eigenvalue weighted by molar-refractivity contribution is 4.83. The molecule has 0 amide bonds. The number of epoxide rings is 1. The lowest BCUT2D eigenvalue weighted by atomic mass is 10.2. The van der Waals surface area contributed by atoms with Crippen LogP contribution in [0.25, 0.3) is 0 Å². The molecule has 0 radical (unpaired) electrons. The normalized spacial score (nSPS) is 44.6. The standard InChI is InChI=1S/C5H10O3/c1-2-3-5(7)4(6)8-5/h4,6-7H,2-3H2,1H3. The second-order valence-electron chi connectivity index (χ2n) is 2.07. The monoisotopic (exact) mass is 118 g/mol. The predicted octanol–water partition coefficient (Wildman–Crippen LogP) is -0.176. The van der Waals surface area contributed by atoms with Gasteiger partial charge in [0, 0.05) is 6.42 Å². The Morgan fingerprint density at radius 3 is 2.38 bits per heavy atom. The Hall–Kier alpha value is -0.120. The molecule has 0 aromatic carbocycles. The molecule has 1 heterocycles. The zero-order valence-corrected chi connectivity index (χ0v) is 4.79. The van der Waals surface area contributed by atoms with Gasteiger partial charge in [-0.2, -0.15) is 0 Å². The molecule has 8 heavy (non-hydrogen) atoms. The number of rotatable bonds is 2. The molecule has 0 aliphatic carbocycles. The summed E-state index contributed by atoms with van der Waals surface area (Å²) in [6, 6.07) is 0. The highest BCUT2D eigenvalue weighted by atomic mass is 16.8. The molecular formula is C5H10O3. The van der Waals surface area contributed by atoms with Crippen LogP contribution in [0.1, 0.15) is 19.8 Å². The van der Waals surface area contributed by atoms with Gasteiger partial charge in [0.1, 0.15) is 0 Å². The highest BCUT2D eigenvalue weighted by Crippen LogP contribution is 2.35. The first kappa shape index (κ1) is 6.01. The van der Waals surface area contributed by atoms with Crippen molar-refractivity contribution in [2.75, 3.05) is 0 Å². The fourth-order valence-electron chi connectivity index (χ4n) is 0.700. The van der Waals surface area contributed by atoms with Gasteiger partial charge in [0.15, 0.2) is 0 Å². The molecule has 2 atom stereocenters. The molecule has 1 aliphatic heterocycles. The Balaban J connectivity index is 2.25. The van der Waals surface area contributed by atoms with Gasteiger partial charge in [-0.05, 0) is 0 Å². The summed E-state index contributed by atoms with van der Waals surface area (Å²) in [5.41, 5.74) is 0. The summed E-state index contributed by atoms with van der Waals surface area (Å²) in [4.78, 5) is 0. The molecule has 3 nitrogen and oxygen atoms in total. The SMILES string of the molecule is CCCC1(O)OC1O. The van der Waals surface area contributed by atoms with Crippen molar-refractivity contribution in [1.29, 1.82) is 0 Å². The maximum absolute atomic E-state index is 8.93. The van der Waals surface area contributed by atoms with Crippen LogP contribution in [0.2, 0.25) is 0 Å². The lowest BCUT2D eigenvalue weighted by Gasteiger charge is -1.97. The fraction of sp³-hybridized carbons (Fsp3) is 1.00. The van der Waals surface area contributed by atoms with Gasteiger partial charge >= 0.3 is 0 Å². The van der Waals surface area contributed by atoms with Crippen LogP contribution in [0, 0.1) is 0 Å². The first-order valence-electron chi connectivity index (χ1n) is 2.77. The van der Waals surface area contributed by atoms with Gasteiger partial charge in [0.25, 0.3) is 0 Å². The van der Waals surface area contributed by atoms with Crippen molar-refractivity contribution >= 4 is 0 Å². The minimum Gasteiger partial charge on any atom is -0.364 e. The molecule has 1 saturated heterocycles. The Kier molecular flexibility index (Phi) is 1.27. The predicted molar refractivity (Wildman–Crippen MR) is 26.9 cm³/mol. The fourth-order valence-corrected chi connectivity index (χ4v) is 0.700. The van der Waals surface area contributed by atoms with Gasteiger partial charge in [-0.3, -0.25) is 0 Å². The van der Waals surface area contributed by atoms with E-state index in [-0.39, 0.29) is 0 Å². The first-order chi connectivity index (χ1) is 3.69. The Labute approximate surface area is 47.9 Å². The number of hydrogen-bond acceptors (Lipinski definition) is 3. The molecule has 2 N–H and O–H groups in total. The molecule has 0 bridgehead atoms. The van der Waals surface area contributed by atoms with Gasteiger partial charge in [0.2, 0.25) is 12.1 Å². The topological polar surface area (TPSA) is 53.0 Å². The highest BCUT2D eigenvalue weighted by Gasteiger charge is 2.53. The van der Waals surface area contributed by atoms with Crippen molar-refractivity contribution in [2.24, 2.45) is 0 Å². The van der Waals surface area contributed by atoms with E-state index < -0.39 is 12.1 Å². The quantitative estimate of drug-likeness (QED) is 0.495. The van der Waals surface area contributed by atoms with E-state index in [1.54, 1.807) is 0 Å². The Bertz CT molecular complexity index is 93.7. The molecule has 1 rings (SSSR count). The smallest absolute Gasteiger partial charge is 0.220 e. The van der Waals surface area contributed by atoms with Crippen molar-refractivity contribution < 1.29 is 14.9 Å². The van der Waals surface area contributed by atoms with Crippen molar-refractivity contribution in [3.05, 3.63) is 0 Å². The molecule has 2 unspecified atom stereocenters. The molecule has 48 valence electrons. The molecule has 1 aliphatic rings. The minimum atomic E-state index is -1.19. The second kappa shape index (κ2) is 1.69. The van der Waals surface area contributed by atoms with Crippen molar-refractivity contribution in [1.82, 2.24) is 0 Å². The van der Waals surface area contributed by atoms with Crippen LogP contribution in [0.15, 0.2) is 0 Å². The van der Waals surface area contributed by atoms with Gasteiger partial charge in [-0.15, -0.1) is 0 Å². The van der Waals surface area contributed by atoms with Crippen LogP contribution in [0.4, 0.5) is 0 Å². The molecule has 0 aromatic heterocycles. The third-order valence-corrected chi connectivity index (χ3v) is 1.25. The third kappa shape index (κ3) is 0.844. The van der Waals surface area contributed by atoms with E-state index in [4.69, 9.17) is 10.2 Å². The average Bonchev–Trinajstić information content (AvgIpc) is 2.16. The van der Waals surface area contributed by atoms with Crippen LogP contribution in [-0.2, 0) is 4.74 Å². The molecular weight excluding hydrogens is 108 g/mol. The largest absolute Gasteiger partial charge is 0.364 e. The van der Waals surface area contributed by atoms with E-state index in [1.165, 1.54) is 0 Å². The average molecular weight is 118 g/mol. The summed E-state index contributed by atoms with van der Waals surface area (Å²) in [6.45, 7) is 1.92. The lowest BCUT2D eigenvalue weighted by Crippen LogP contribution is -2.12. The summed E-state index contributed by atoms with van der Waals surface area (Å²) in [5, 5.41) is 17.5. The van der Waals surface area contributed by atoms with E-state index in [0.717, 1.165) is 6.42 Å². The summed E-state index contributed by atoms with van der Waals surface area (Å²) in [7, 11) is 0. The van der Waals surface area contributed by atoms with Gasteiger partial charge in [0.05, 0.1) is 0 Å². The number of aliphatic hydroxyl groups is 2. The number of hydrogen-bond donors (Lipinski definition) is 2. The van der Waals surface area contributed by atoms with E-state index in [9.17, 15) is 0 Å². The number of aliphatic hydroxyl groups excluding tert-OH is 1. The summed E-state index contributed by atoms with van der Waals surface area (Å²) >= 11 is 0. The minimum absolute atomic E-state index is 0.522. The Morgan fingerprint density at radius 1 is 1.75 bits per heavy atom. The van der Waals surface area contributed by atoms with Crippen LogP contribution in [0.5, 0.6) is 0 Å². The first-order valence-corrected chi connectivity index (χ1v) is 2.77. The lowest BCUT2D eigenvalue weighted by molar-refractivity contribution is 0.0270. The molecule has 0 saturated carbocycles. The van der Waals surface area contributed by atoms with E-state index in [2.05, 4.69) is 4.74 Å². The summed E-state index contributed by atoms with van der Waals surface area (Å²) in [5.74, 6) is -1.19. The molecule has 1 fully saturated rings. The van der Waals surface area contributed by atoms with Gasteiger partial charge in [-0.25, -0.2) is 0 Å². The van der Waals surface area contributed by atoms with Crippen molar-refractivity contribution in [2.45, 2.75) is 31.8 Å². The van der Waals surface area contributed by atoms with Crippen LogP contribution < -0.4 is 0 Å². The molecule has 0 spiro atoms. The maximum atomic E-state index is 8.93. The van der Waals surface area contributed by atoms with Crippen LogP contribution in [-0.4, -0.2) is 22.3 Å². The summed E-state index contributed by atoms with van der Waals surface area (Å²) < 4.78 is 4.46. The van der Waals surface area contributed by atoms with Gasteiger partial charge < -0.3 is 14.9 Å². The van der Waals surface area contributed by atoms with Crippen molar-refractivity contribution in [3.63, 3.8) is 0 Å². The van der Waals surface area contributed by atoms with E-state index in [0.29, 0.717) is 6.42 Å². The van der Waals surface area contributed by atoms with Gasteiger partial charge in [-0.1, -0.05) is 13.3 Å².